The van der Waals surface area contributed by atoms with Crippen molar-refractivity contribution in [1.29, 1.82) is 0 Å². The van der Waals surface area contributed by atoms with Crippen molar-refractivity contribution >= 4 is 17.7 Å². The Morgan fingerprint density at radius 3 is 2.71 bits per heavy atom. The molecule has 1 aliphatic heterocycles. The fourth-order valence-electron chi connectivity index (χ4n) is 2.57. The number of benzene rings is 1. The second-order valence-electron chi connectivity index (χ2n) is 6.01. The van der Waals surface area contributed by atoms with E-state index >= 15 is 0 Å². The van der Waals surface area contributed by atoms with Gasteiger partial charge in [0.1, 0.15) is 12.0 Å². The van der Waals surface area contributed by atoms with Crippen LogP contribution >= 0.6 is 11.8 Å². The topological polar surface area (TPSA) is 32.3 Å². The lowest BCUT2D eigenvalue weighted by Crippen LogP contribution is -2.40. The third-order valence-electron chi connectivity index (χ3n) is 3.93. The zero-order valence-corrected chi connectivity index (χ0v) is 13.8. The van der Waals surface area contributed by atoms with Crippen LogP contribution in [0.2, 0.25) is 0 Å². The van der Waals surface area contributed by atoms with Crippen LogP contribution in [0.1, 0.15) is 38.9 Å². The molecule has 0 aromatic heterocycles. The number of thioether (sulfide) groups is 1. The summed E-state index contributed by atoms with van der Waals surface area (Å²) >= 11 is 1.73. The summed E-state index contributed by atoms with van der Waals surface area (Å²) in [5.41, 5.74) is 0.802. The minimum Gasteiger partial charge on any atom is -0.320 e. The van der Waals surface area contributed by atoms with Gasteiger partial charge in [-0.1, -0.05) is 19.1 Å². The van der Waals surface area contributed by atoms with Gasteiger partial charge in [-0.2, -0.15) is 11.8 Å². The van der Waals surface area contributed by atoms with E-state index in [-0.39, 0.29) is 28.7 Å². The summed E-state index contributed by atoms with van der Waals surface area (Å²) in [5.74, 6) is -0.167. The fourth-order valence-corrected chi connectivity index (χ4v) is 2.84. The molecule has 1 amide bonds. The Hall–Kier alpha value is -1.07. The summed E-state index contributed by atoms with van der Waals surface area (Å²) in [6.45, 7) is 6.86. The van der Waals surface area contributed by atoms with Gasteiger partial charge in [0.2, 0.25) is 5.91 Å². The molecule has 3 nitrogen and oxygen atoms in total. The first-order chi connectivity index (χ1) is 9.88. The van der Waals surface area contributed by atoms with Crippen LogP contribution in [0, 0.1) is 5.82 Å². The van der Waals surface area contributed by atoms with Gasteiger partial charge >= 0.3 is 0 Å². The molecule has 0 radical (unpaired) electrons. The molecule has 1 saturated heterocycles. The number of amides is 1. The molecule has 0 bridgehead atoms. The van der Waals surface area contributed by atoms with E-state index in [0.29, 0.717) is 6.54 Å². The molecular formula is C16H23FN2OS. The Balaban J connectivity index is 2.30. The van der Waals surface area contributed by atoms with Gasteiger partial charge in [-0.25, -0.2) is 4.39 Å². The van der Waals surface area contributed by atoms with Crippen LogP contribution < -0.4 is 5.32 Å². The maximum atomic E-state index is 13.5. The number of nitrogens with zero attached hydrogens (tertiary/aromatic N) is 1. The largest absolute Gasteiger partial charge is 0.320 e. The zero-order chi connectivity index (χ0) is 15.6. The average Bonchev–Trinajstić information content (AvgIpc) is 2.75. The molecule has 2 unspecified atom stereocenters. The van der Waals surface area contributed by atoms with Crippen molar-refractivity contribution in [3.05, 3.63) is 35.6 Å². The summed E-state index contributed by atoms with van der Waals surface area (Å²) in [4.78, 5) is 14.4. The summed E-state index contributed by atoms with van der Waals surface area (Å²) < 4.78 is 13.5. The Morgan fingerprint density at radius 2 is 2.14 bits per heavy atom. The Bertz CT molecular complexity index is 521. The quantitative estimate of drug-likeness (QED) is 0.906. The van der Waals surface area contributed by atoms with E-state index in [1.807, 2.05) is 24.1 Å². The fraction of sp³-hybridized carbons (Fsp3) is 0.562. The molecule has 1 heterocycles. The molecule has 0 aliphatic carbocycles. The van der Waals surface area contributed by atoms with Gasteiger partial charge in [-0.05, 0) is 44.2 Å². The minimum atomic E-state index is -0.272. The number of hydrogen-bond acceptors (Lipinski definition) is 3. The number of rotatable bonds is 5. The molecule has 2 atom stereocenters. The van der Waals surface area contributed by atoms with Crippen molar-refractivity contribution in [3.63, 3.8) is 0 Å². The second kappa shape index (κ2) is 6.36. The van der Waals surface area contributed by atoms with Crippen LogP contribution in [-0.2, 0) is 4.79 Å². The maximum Gasteiger partial charge on any atom is 0.241 e. The highest BCUT2D eigenvalue weighted by Gasteiger charge is 2.40. The maximum absolute atomic E-state index is 13.5. The van der Waals surface area contributed by atoms with Gasteiger partial charge in [0.05, 0.1) is 6.04 Å². The molecule has 1 N–H and O–H groups in total. The number of hydrogen-bond donors (Lipinski definition) is 1. The Kier molecular flexibility index (Phi) is 4.94. The summed E-state index contributed by atoms with van der Waals surface area (Å²) in [7, 11) is 0. The lowest BCUT2D eigenvalue weighted by molar-refractivity contribution is -0.130. The third-order valence-corrected chi connectivity index (χ3v) is 5.16. The van der Waals surface area contributed by atoms with Crippen molar-refractivity contribution in [2.24, 2.45) is 0 Å². The van der Waals surface area contributed by atoms with Gasteiger partial charge in [-0.15, -0.1) is 0 Å². The van der Waals surface area contributed by atoms with E-state index in [1.54, 1.807) is 17.8 Å². The molecule has 2 rings (SSSR count). The summed E-state index contributed by atoms with van der Waals surface area (Å²) in [5, 5.41) is 3.33. The molecular weight excluding hydrogens is 287 g/mol. The van der Waals surface area contributed by atoms with Gasteiger partial charge in [0.15, 0.2) is 0 Å². The first-order valence-electron chi connectivity index (χ1n) is 7.25. The van der Waals surface area contributed by atoms with E-state index < -0.39 is 0 Å². The highest BCUT2D eigenvalue weighted by molar-refractivity contribution is 7.99. The van der Waals surface area contributed by atoms with Gasteiger partial charge < -0.3 is 4.90 Å². The van der Waals surface area contributed by atoms with Crippen LogP contribution in [0.4, 0.5) is 4.39 Å². The van der Waals surface area contributed by atoms with Crippen LogP contribution in [-0.4, -0.2) is 34.4 Å². The Labute approximate surface area is 130 Å². The SMILES string of the molecule is CCC1NC(c2cccc(F)c2)N(CC(C)(C)SC)C1=O. The first-order valence-corrected chi connectivity index (χ1v) is 8.47. The van der Waals surface area contributed by atoms with Crippen molar-refractivity contribution in [2.45, 2.75) is 44.1 Å². The lowest BCUT2D eigenvalue weighted by Gasteiger charge is -2.32. The van der Waals surface area contributed by atoms with Crippen molar-refractivity contribution < 1.29 is 9.18 Å². The number of carbonyl (C=O) groups is 1. The molecule has 116 valence electrons. The van der Waals surface area contributed by atoms with E-state index in [0.717, 1.165) is 12.0 Å². The van der Waals surface area contributed by atoms with Crippen LogP contribution in [0.5, 0.6) is 0 Å². The normalized spacial score (nSPS) is 22.9. The number of halogens is 1. The van der Waals surface area contributed by atoms with E-state index in [2.05, 4.69) is 19.2 Å². The van der Waals surface area contributed by atoms with E-state index in [9.17, 15) is 9.18 Å². The first kappa shape index (κ1) is 16.3. The molecule has 1 fully saturated rings. The number of nitrogens with one attached hydrogen (secondary N) is 1. The van der Waals surface area contributed by atoms with Crippen molar-refractivity contribution in [3.8, 4) is 0 Å². The van der Waals surface area contributed by atoms with Gasteiger partial charge in [0, 0.05) is 11.3 Å². The van der Waals surface area contributed by atoms with E-state index in [4.69, 9.17) is 0 Å². The average molecular weight is 310 g/mol. The molecule has 1 aromatic rings. The Morgan fingerprint density at radius 1 is 1.43 bits per heavy atom. The predicted octanol–water partition coefficient (Wildman–Crippen LogP) is 3.18. The highest BCUT2D eigenvalue weighted by Crippen LogP contribution is 2.31. The van der Waals surface area contributed by atoms with Crippen molar-refractivity contribution in [1.82, 2.24) is 10.2 Å². The van der Waals surface area contributed by atoms with Gasteiger partial charge in [0.25, 0.3) is 0 Å². The van der Waals surface area contributed by atoms with Crippen LogP contribution in [0.25, 0.3) is 0 Å². The predicted molar refractivity (Wildman–Crippen MR) is 85.7 cm³/mol. The zero-order valence-electron chi connectivity index (χ0n) is 13.0. The van der Waals surface area contributed by atoms with Crippen LogP contribution in [0.15, 0.2) is 24.3 Å². The highest BCUT2D eigenvalue weighted by atomic mass is 32.2. The summed E-state index contributed by atoms with van der Waals surface area (Å²) in [6, 6.07) is 6.30. The standard InChI is InChI=1S/C16H23FN2OS/c1-5-13-15(20)19(10-16(2,3)21-4)14(18-13)11-7-6-8-12(17)9-11/h6-9,13-14,18H,5,10H2,1-4H3. The third kappa shape index (κ3) is 3.58. The molecule has 0 saturated carbocycles. The molecule has 21 heavy (non-hydrogen) atoms. The monoisotopic (exact) mass is 310 g/mol. The van der Waals surface area contributed by atoms with Crippen LogP contribution in [0.3, 0.4) is 0 Å². The minimum absolute atomic E-state index is 0.0362. The lowest BCUT2D eigenvalue weighted by atomic mass is 10.1. The van der Waals surface area contributed by atoms with Crippen molar-refractivity contribution in [2.75, 3.05) is 12.8 Å². The molecule has 1 aromatic carbocycles. The van der Waals surface area contributed by atoms with Gasteiger partial charge in [-0.3, -0.25) is 10.1 Å². The smallest absolute Gasteiger partial charge is 0.241 e. The molecule has 1 aliphatic rings. The van der Waals surface area contributed by atoms with E-state index in [1.165, 1.54) is 12.1 Å². The molecule has 0 spiro atoms. The number of carbonyl (C=O) groups excluding carboxylic acids is 1. The summed E-state index contributed by atoms with van der Waals surface area (Å²) in [6.07, 6.45) is 2.54. The second-order valence-corrected chi connectivity index (χ2v) is 7.53. The molecule has 5 heteroatoms.